The molecule has 2 rings (SSSR count). The summed E-state index contributed by atoms with van der Waals surface area (Å²) in [5.74, 6) is 0. The lowest BCUT2D eigenvalue weighted by Crippen LogP contribution is -2.06. The predicted octanol–water partition coefficient (Wildman–Crippen LogP) is 3.88. The molecule has 0 aliphatic heterocycles. The highest BCUT2D eigenvalue weighted by Crippen LogP contribution is 2.31. The number of hydrogen-bond acceptors (Lipinski definition) is 1. The molecule has 0 bridgehead atoms. The van der Waals surface area contributed by atoms with Gasteiger partial charge in [-0.05, 0) is 17.7 Å². The molecule has 0 fully saturated rings. The maximum absolute atomic E-state index is 12.4. The summed E-state index contributed by atoms with van der Waals surface area (Å²) < 4.78 is 38.9. The molecule has 96 valence electrons. The van der Waals surface area contributed by atoms with Crippen molar-refractivity contribution >= 4 is 11.6 Å². The van der Waals surface area contributed by atoms with Crippen molar-refractivity contribution < 1.29 is 13.2 Å². The Labute approximate surface area is 107 Å². The van der Waals surface area contributed by atoms with E-state index in [9.17, 15) is 13.2 Å². The highest BCUT2D eigenvalue weighted by molar-refractivity contribution is 6.20. The second-order valence-electron chi connectivity index (χ2n) is 3.85. The van der Waals surface area contributed by atoms with Crippen LogP contribution in [0.2, 0.25) is 0 Å². The molecule has 0 amide bonds. The van der Waals surface area contributed by atoms with Crippen LogP contribution in [0.3, 0.4) is 0 Å². The summed E-state index contributed by atoms with van der Waals surface area (Å²) in [5, 5.41) is -0.388. The van der Waals surface area contributed by atoms with Gasteiger partial charge in [-0.25, -0.2) is 4.98 Å². The van der Waals surface area contributed by atoms with Gasteiger partial charge in [0.05, 0.1) is 17.3 Å². The van der Waals surface area contributed by atoms with E-state index in [4.69, 9.17) is 11.6 Å². The minimum Gasteiger partial charge on any atom is -0.336 e. The van der Waals surface area contributed by atoms with Gasteiger partial charge in [0.1, 0.15) is 0 Å². The molecule has 1 heterocycles. The van der Waals surface area contributed by atoms with Crippen molar-refractivity contribution in [2.75, 3.05) is 0 Å². The van der Waals surface area contributed by atoms with Crippen LogP contribution < -0.4 is 0 Å². The van der Waals surface area contributed by atoms with Crippen LogP contribution in [-0.4, -0.2) is 9.55 Å². The number of nitrogens with zero attached hydrogens (tertiary/aromatic N) is 2. The van der Waals surface area contributed by atoms with Crippen molar-refractivity contribution in [3.63, 3.8) is 0 Å². The van der Waals surface area contributed by atoms with E-state index in [0.29, 0.717) is 12.1 Å². The first-order valence-electron chi connectivity index (χ1n) is 5.24. The minimum atomic E-state index is -4.31. The maximum atomic E-state index is 12.4. The molecule has 0 saturated heterocycles. The zero-order chi connectivity index (χ0) is 13.2. The Morgan fingerprint density at radius 2 is 1.89 bits per heavy atom. The van der Waals surface area contributed by atoms with Crippen molar-refractivity contribution in [1.82, 2.24) is 9.55 Å². The van der Waals surface area contributed by atoms with E-state index in [1.165, 1.54) is 12.1 Å². The van der Waals surface area contributed by atoms with Crippen LogP contribution in [0.1, 0.15) is 16.5 Å². The molecule has 1 atom stereocenters. The fraction of sp³-hybridized carbons (Fsp3) is 0.250. The van der Waals surface area contributed by atoms with Crippen LogP contribution in [-0.2, 0) is 12.7 Å². The lowest BCUT2D eigenvalue weighted by molar-refractivity contribution is -0.137. The minimum absolute atomic E-state index is 0.388. The molecule has 0 saturated carbocycles. The number of imidazole rings is 1. The Morgan fingerprint density at radius 3 is 2.39 bits per heavy atom. The number of alkyl halides is 4. The maximum Gasteiger partial charge on any atom is 0.416 e. The van der Waals surface area contributed by atoms with Gasteiger partial charge in [0.2, 0.25) is 0 Å². The van der Waals surface area contributed by atoms with Crippen LogP contribution in [0.4, 0.5) is 13.2 Å². The highest BCUT2D eigenvalue weighted by Gasteiger charge is 2.30. The first-order valence-corrected chi connectivity index (χ1v) is 5.67. The summed E-state index contributed by atoms with van der Waals surface area (Å²) in [6, 6.07) is 4.88. The zero-order valence-corrected chi connectivity index (χ0v) is 9.99. The lowest BCUT2D eigenvalue weighted by Gasteiger charge is -2.12. The van der Waals surface area contributed by atoms with Crippen LogP contribution in [0, 0.1) is 0 Å². The van der Waals surface area contributed by atoms with E-state index in [-0.39, 0.29) is 5.38 Å². The van der Waals surface area contributed by atoms with E-state index < -0.39 is 11.7 Å². The zero-order valence-electron chi connectivity index (χ0n) is 9.23. The average Bonchev–Trinajstić information content (AvgIpc) is 2.81. The van der Waals surface area contributed by atoms with Gasteiger partial charge >= 0.3 is 6.18 Å². The fourth-order valence-electron chi connectivity index (χ4n) is 1.57. The van der Waals surface area contributed by atoms with E-state index in [1.54, 1.807) is 23.3 Å². The lowest BCUT2D eigenvalue weighted by atomic mass is 10.1. The topological polar surface area (TPSA) is 17.8 Å². The molecule has 2 nitrogen and oxygen atoms in total. The molecule has 0 N–H and O–H groups in total. The molecule has 0 spiro atoms. The van der Waals surface area contributed by atoms with Gasteiger partial charge in [0.25, 0.3) is 0 Å². The van der Waals surface area contributed by atoms with Gasteiger partial charge in [-0.15, -0.1) is 11.6 Å². The Balaban J connectivity index is 2.10. The molecular formula is C12H10ClF3N2. The van der Waals surface area contributed by atoms with Crippen LogP contribution in [0.5, 0.6) is 0 Å². The standard InChI is InChI=1S/C12H10ClF3N2/c13-11(7-18-6-5-17-8-18)9-1-3-10(4-2-9)12(14,15)16/h1-6,8,11H,7H2. The summed E-state index contributed by atoms with van der Waals surface area (Å²) in [6.07, 6.45) is 0.667. The van der Waals surface area contributed by atoms with Crippen LogP contribution in [0.15, 0.2) is 43.0 Å². The normalized spacial score (nSPS) is 13.6. The largest absolute Gasteiger partial charge is 0.416 e. The summed E-state index contributed by atoms with van der Waals surface area (Å²) in [4.78, 5) is 3.87. The Morgan fingerprint density at radius 1 is 1.22 bits per heavy atom. The van der Waals surface area contributed by atoms with E-state index >= 15 is 0 Å². The molecule has 18 heavy (non-hydrogen) atoms. The number of hydrogen-bond donors (Lipinski definition) is 0. The van der Waals surface area contributed by atoms with E-state index in [0.717, 1.165) is 12.1 Å². The van der Waals surface area contributed by atoms with Gasteiger partial charge in [0, 0.05) is 18.9 Å². The molecule has 2 aromatic rings. The number of rotatable bonds is 3. The molecule has 0 aliphatic carbocycles. The third kappa shape index (κ3) is 3.04. The predicted molar refractivity (Wildman–Crippen MR) is 62.3 cm³/mol. The number of benzene rings is 1. The summed E-state index contributed by atoms with van der Waals surface area (Å²) >= 11 is 6.13. The second kappa shape index (κ2) is 5.02. The second-order valence-corrected chi connectivity index (χ2v) is 4.37. The Hall–Kier alpha value is -1.49. The molecule has 6 heteroatoms. The molecule has 1 aromatic heterocycles. The van der Waals surface area contributed by atoms with Gasteiger partial charge in [0.15, 0.2) is 0 Å². The molecule has 0 radical (unpaired) electrons. The first-order chi connectivity index (χ1) is 8.47. The number of aromatic nitrogens is 2. The summed E-state index contributed by atoms with van der Waals surface area (Å²) in [6.45, 7) is 0.465. The van der Waals surface area contributed by atoms with Gasteiger partial charge in [-0.1, -0.05) is 12.1 Å². The fourth-order valence-corrected chi connectivity index (χ4v) is 1.87. The van der Waals surface area contributed by atoms with Crippen molar-refractivity contribution in [1.29, 1.82) is 0 Å². The number of halogens is 4. The summed E-state index contributed by atoms with van der Waals surface area (Å²) in [7, 11) is 0. The smallest absolute Gasteiger partial charge is 0.336 e. The van der Waals surface area contributed by atoms with Crippen LogP contribution >= 0.6 is 11.6 Å². The Kier molecular flexibility index (Phi) is 3.61. The molecule has 1 unspecified atom stereocenters. The van der Waals surface area contributed by atoms with Crippen molar-refractivity contribution in [3.8, 4) is 0 Å². The van der Waals surface area contributed by atoms with Crippen molar-refractivity contribution in [3.05, 3.63) is 54.1 Å². The molecular weight excluding hydrogens is 265 g/mol. The first kappa shape index (κ1) is 13.0. The van der Waals surface area contributed by atoms with Crippen molar-refractivity contribution in [2.45, 2.75) is 18.1 Å². The molecule has 1 aromatic carbocycles. The quantitative estimate of drug-likeness (QED) is 0.777. The van der Waals surface area contributed by atoms with Crippen molar-refractivity contribution in [2.24, 2.45) is 0 Å². The monoisotopic (exact) mass is 274 g/mol. The summed E-state index contributed by atoms with van der Waals surface area (Å²) in [5.41, 5.74) is -0.0175. The van der Waals surface area contributed by atoms with E-state index in [2.05, 4.69) is 4.98 Å². The van der Waals surface area contributed by atoms with E-state index in [1.807, 2.05) is 0 Å². The third-order valence-corrected chi connectivity index (χ3v) is 2.92. The van der Waals surface area contributed by atoms with Gasteiger partial charge < -0.3 is 4.57 Å². The van der Waals surface area contributed by atoms with Gasteiger partial charge in [-0.2, -0.15) is 13.2 Å². The highest BCUT2D eigenvalue weighted by atomic mass is 35.5. The molecule has 0 aliphatic rings. The Bertz CT molecular complexity index is 491. The average molecular weight is 275 g/mol. The van der Waals surface area contributed by atoms with Crippen LogP contribution in [0.25, 0.3) is 0 Å². The third-order valence-electron chi connectivity index (χ3n) is 2.53. The SMILES string of the molecule is FC(F)(F)c1ccc(C(Cl)Cn2ccnc2)cc1. The van der Waals surface area contributed by atoms with Gasteiger partial charge in [-0.3, -0.25) is 0 Å².